The number of rotatable bonds is 4. The third-order valence-corrected chi connectivity index (χ3v) is 6.05. The Kier molecular flexibility index (Phi) is 6.20. The summed E-state index contributed by atoms with van der Waals surface area (Å²) in [6.07, 6.45) is -1.57. The van der Waals surface area contributed by atoms with Gasteiger partial charge in [-0.2, -0.15) is 4.31 Å². The summed E-state index contributed by atoms with van der Waals surface area (Å²) in [6.45, 7) is -1.01. The lowest BCUT2D eigenvalue weighted by atomic mass is 10.2. The van der Waals surface area contributed by atoms with Crippen LogP contribution in [0.2, 0.25) is 0 Å². The lowest BCUT2D eigenvalue weighted by molar-refractivity contribution is 0.102. The van der Waals surface area contributed by atoms with E-state index >= 15 is 0 Å². The summed E-state index contributed by atoms with van der Waals surface area (Å²) in [6, 6.07) is 5.28. The van der Waals surface area contributed by atoms with Crippen molar-refractivity contribution in [2.24, 2.45) is 0 Å². The van der Waals surface area contributed by atoms with Crippen LogP contribution in [0.3, 0.4) is 0 Å². The lowest BCUT2D eigenvalue weighted by Gasteiger charge is -2.21. The summed E-state index contributed by atoms with van der Waals surface area (Å²) in [5.41, 5.74) is -0.315. The number of benzene rings is 2. The number of hydrogen-bond donors (Lipinski definition) is 1. The van der Waals surface area contributed by atoms with Crippen molar-refractivity contribution in [2.75, 3.05) is 31.6 Å². The maximum absolute atomic E-state index is 14.3. The summed E-state index contributed by atoms with van der Waals surface area (Å²) in [7, 11) is -4.44. The molecule has 1 atom stereocenters. The van der Waals surface area contributed by atoms with Gasteiger partial charge in [0.05, 0.1) is 13.2 Å². The molecular formula is C18H16F4N2O4S. The van der Waals surface area contributed by atoms with Crippen LogP contribution in [0.25, 0.3) is 0 Å². The largest absolute Gasteiger partial charge is 0.377 e. The maximum Gasteiger partial charge on any atom is 0.255 e. The smallest absolute Gasteiger partial charge is 0.255 e. The van der Waals surface area contributed by atoms with E-state index in [9.17, 15) is 30.8 Å². The third-order valence-electron chi connectivity index (χ3n) is 4.17. The molecule has 29 heavy (non-hydrogen) atoms. The third kappa shape index (κ3) is 4.74. The zero-order valence-electron chi connectivity index (χ0n) is 14.9. The highest BCUT2D eigenvalue weighted by Gasteiger charge is 2.32. The van der Waals surface area contributed by atoms with E-state index in [1.807, 2.05) is 0 Å². The lowest BCUT2D eigenvalue weighted by Crippen LogP contribution is -2.37. The molecule has 1 N–H and O–H groups in total. The predicted octanol–water partition coefficient (Wildman–Crippen LogP) is 2.72. The number of carbonyl (C=O) groups is 1. The number of sulfonamides is 1. The van der Waals surface area contributed by atoms with Crippen LogP contribution in [0.15, 0.2) is 41.3 Å². The van der Waals surface area contributed by atoms with Crippen molar-refractivity contribution in [3.05, 3.63) is 59.4 Å². The number of ether oxygens (including phenoxy) is 1. The Balaban J connectivity index is 1.88. The number of carbonyl (C=O) groups excluding carboxylic acids is 1. The van der Waals surface area contributed by atoms with Gasteiger partial charge in [-0.25, -0.2) is 26.0 Å². The van der Waals surface area contributed by atoms with Gasteiger partial charge in [-0.15, -0.1) is 0 Å². The van der Waals surface area contributed by atoms with Gasteiger partial charge in [-0.05, 0) is 30.3 Å². The first-order valence-electron chi connectivity index (χ1n) is 8.46. The summed E-state index contributed by atoms with van der Waals surface area (Å²) < 4.78 is 85.4. The van der Waals surface area contributed by atoms with Crippen LogP contribution in [0, 0.1) is 17.5 Å². The highest BCUT2D eigenvalue weighted by molar-refractivity contribution is 7.89. The molecule has 6 nitrogen and oxygen atoms in total. The highest BCUT2D eigenvalue weighted by atomic mass is 32.2. The highest BCUT2D eigenvalue weighted by Crippen LogP contribution is 2.23. The minimum absolute atomic E-state index is 0.0580. The van der Waals surface area contributed by atoms with Crippen molar-refractivity contribution >= 4 is 21.6 Å². The molecule has 3 rings (SSSR count). The second kappa shape index (κ2) is 8.47. The summed E-state index contributed by atoms with van der Waals surface area (Å²) in [5, 5.41) is 2.26. The van der Waals surface area contributed by atoms with E-state index < -0.39 is 51.0 Å². The Morgan fingerprint density at radius 1 is 1.07 bits per heavy atom. The van der Waals surface area contributed by atoms with Crippen molar-refractivity contribution in [3.63, 3.8) is 0 Å². The molecule has 1 fully saturated rings. The van der Waals surface area contributed by atoms with Crippen LogP contribution in [-0.4, -0.2) is 51.1 Å². The summed E-state index contributed by atoms with van der Waals surface area (Å²) in [4.78, 5) is 11.5. The Bertz CT molecular complexity index is 1030. The van der Waals surface area contributed by atoms with Crippen molar-refractivity contribution in [3.8, 4) is 0 Å². The van der Waals surface area contributed by atoms with Gasteiger partial charge in [0.15, 0.2) is 11.6 Å². The summed E-state index contributed by atoms with van der Waals surface area (Å²) >= 11 is 0. The molecule has 156 valence electrons. The maximum atomic E-state index is 14.3. The van der Waals surface area contributed by atoms with E-state index in [4.69, 9.17) is 4.74 Å². The van der Waals surface area contributed by atoms with Crippen molar-refractivity contribution < 1.29 is 35.5 Å². The summed E-state index contributed by atoms with van der Waals surface area (Å²) in [5.74, 6) is -4.27. The first-order chi connectivity index (χ1) is 13.7. The van der Waals surface area contributed by atoms with E-state index in [-0.39, 0.29) is 31.0 Å². The molecule has 1 amide bonds. The molecule has 0 spiro atoms. The van der Waals surface area contributed by atoms with Crippen molar-refractivity contribution in [2.45, 2.75) is 11.1 Å². The molecule has 1 unspecified atom stereocenters. The van der Waals surface area contributed by atoms with Crippen LogP contribution >= 0.6 is 0 Å². The number of hydrogen-bond acceptors (Lipinski definition) is 4. The SMILES string of the molecule is O=C(Nc1ccc(F)c(F)c1)c1ccc(F)c(S(=O)(=O)N2CCOCC(F)C2)c1. The molecule has 11 heteroatoms. The number of halogens is 4. The molecular weight excluding hydrogens is 416 g/mol. The number of amides is 1. The molecule has 1 aliphatic rings. The molecule has 0 saturated carbocycles. The molecule has 2 aromatic rings. The van der Waals surface area contributed by atoms with Gasteiger partial charge >= 0.3 is 0 Å². The van der Waals surface area contributed by atoms with Crippen molar-refractivity contribution in [1.29, 1.82) is 0 Å². The average molecular weight is 432 g/mol. The number of nitrogens with zero attached hydrogens (tertiary/aromatic N) is 1. The minimum Gasteiger partial charge on any atom is -0.377 e. The molecule has 0 aromatic heterocycles. The van der Waals surface area contributed by atoms with Gasteiger partial charge in [-0.1, -0.05) is 0 Å². The zero-order chi connectivity index (χ0) is 21.2. The number of nitrogens with one attached hydrogen (secondary N) is 1. The second-order valence-electron chi connectivity index (χ2n) is 6.26. The van der Waals surface area contributed by atoms with Crippen LogP contribution in [0.4, 0.5) is 23.2 Å². The van der Waals surface area contributed by atoms with E-state index in [1.165, 1.54) is 0 Å². The molecule has 2 aromatic carbocycles. The van der Waals surface area contributed by atoms with Gasteiger partial charge in [-0.3, -0.25) is 4.79 Å². The topological polar surface area (TPSA) is 75.7 Å². The Morgan fingerprint density at radius 3 is 2.52 bits per heavy atom. The van der Waals surface area contributed by atoms with Crippen LogP contribution in [0.1, 0.15) is 10.4 Å². The Hall–Kier alpha value is -2.50. The molecule has 1 saturated heterocycles. The molecule has 0 bridgehead atoms. The van der Waals surface area contributed by atoms with Gasteiger partial charge in [0, 0.05) is 30.4 Å². The molecule has 0 aliphatic carbocycles. The first kappa shape index (κ1) is 21.2. The van der Waals surface area contributed by atoms with E-state index in [1.54, 1.807) is 0 Å². The fourth-order valence-electron chi connectivity index (χ4n) is 2.72. The van der Waals surface area contributed by atoms with Gasteiger partial charge in [0.2, 0.25) is 10.0 Å². The van der Waals surface area contributed by atoms with Crippen LogP contribution in [0.5, 0.6) is 0 Å². The average Bonchev–Trinajstić information content (AvgIpc) is 2.90. The van der Waals surface area contributed by atoms with E-state index in [0.717, 1.165) is 40.7 Å². The van der Waals surface area contributed by atoms with E-state index in [0.29, 0.717) is 0 Å². The Morgan fingerprint density at radius 2 is 1.79 bits per heavy atom. The predicted molar refractivity (Wildman–Crippen MR) is 95.2 cm³/mol. The van der Waals surface area contributed by atoms with Crippen LogP contribution in [-0.2, 0) is 14.8 Å². The normalized spacial score (nSPS) is 18.3. The van der Waals surface area contributed by atoms with Gasteiger partial charge in [0.25, 0.3) is 5.91 Å². The standard InChI is InChI=1S/C18H16F4N2O4S/c19-12-9-24(5-6-28-10-12)29(26,27)17-7-11(1-3-15(17)21)18(25)23-13-2-4-14(20)16(22)8-13/h1-4,7-8,12H,5-6,9-10H2,(H,23,25). The quantitative estimate of drug-likeness (QED) is 0.754. The molecule has 1 heterocycles. The fraction of sp³-hybridized carbons (Fsp3) is 0.278. The fourth-order valence-corrected chi connectivity index (χ4v) is 4.26. The van der Waals surface area contributed by atoms with Crippen LogP contribution < -0.4 is 5.32 Å². The Labute approximate surface area is 164 Å². The number of anilines is 1. The monoisotopic (exact) mass is 432 g/mol. The minimum atomic E-state index is -4.44. The van der Waals surface area contributed by atoms with Gasteiger partial charge in [0.1, 0.15) is 16.9 Å². The van der Waals surface area contributed by atoms with Crippen molar-refractivity contribution in [1.82, 2.24) is 4.31 Å². The van der Waals surface area contributed by atoms with E-state index in [2.05, 4.69) is 5.32 Å². The first-order valence-corrected chi connectivity index (χ1v) is 9.90. The number of alkyl halides is 1. The zero-order valence-corrected chi connectivity index (χ0v) is 15.7. The molecule has 1 aliphatic heterocycles. The molecule has 0 radical (unpaired) electrons. The second-order valence-corrected chi connectivity index (χ2v) is 8.17. The van der Waals surface area contributed by atoms with Gasteiger partial charge < -0.3 is 10.1 Å².